The molecule has 0 aromatic carbocycles. The molecule has 0 radical (unpaired) electrons. The highest BCUT2D eigenvalue weighted by molar-refractivity contribution is 7.34. The maximum Gasteiger partial charge on any atom is 0.753 e. The molecular formula is C9H16O6P+. The molecule has 1 unspecified atom stereocenters. The molecule has 0 N–H and O–H groups in total. The number of unbranched alkanes of at least 4 members (excludes halogenated alkanes) is 1. The van der Waals surface area contributed by atoms with Gasteiger partial charge in [-0.05, 0) is 13.3 Å². The summed E-state index contributed by atoms with van der Waals surface area (Å²) in [5, 5.41) is 0. The van der Waals surface area contributed by atoms with Crippen LogP contribution in [0.2, 0.25) is 0 Å². The average Bonchev–Trinajstić information content (AvgIpc) is 2.16. The molecule has 0 rings (SSSR count). The van der Waals surface area contributed by atoms with E-state index in [0.29, 0.717) is 0 Å². The number of carbonyl (C=O) groups excluding carboxylic acids is 2. The van der Waals surface area contributed by atoms with E-state index in [1.807, 2.05) is 6.92 Å². The first-order valence-electron chi connectivity index (χ1n) is 4.96. The van der Waals surface area contributed by atoms with Gasteiger partial charge in [0.15, 0.2) is 0 Å². The highest BCUT2D eigenvalue weighted by Gasteiger charge is 2.31. The maximum atomic E-state index is 11.2. The van der Waals surface area contributed by atoms with Crippen LogP contribution in [0.15, 0.2) is 0 Å². The van der Waals surface area contributed by atoms with Gasteiger partial charge < -0.3 is 4.74 Å². The fourth-order valence-electron chi connectivity index (χ4n) is 0.755. The molecule has 16 heavy (non-hydrogen) atoms. The molecule has 0 bridgehead atoms. The van der Waals surface area contributed by atoms with E-state index >= 15 is 0 Å². The number of hydrogen-bond acceptors (Lipinski definition) is 6. The maximum absolute atomic E-state index is 11.2. The first-order valence-corrected chi connectivity index (χ1v) is 6.06. The molecule has 0 aliphatic rings. The first-order chi connectivity index (χ1) is 7.47. The molecule has 0 heterocycles. The van der Waals surface area contributed by atoms with E-state index in [1.165, 1.54) is 13.8 Å². The van der Waals surface area contributed by atoms with Gasteiger partial charge in [0.1, 0.15) is 6.61 Å². The Balaban J connectivity index is 3.85. The van der Waals surface area contributed by atoms with Crippen molar-refractivity contribution in [2.45, 2.75) is 39.7 Å². The summed E-state index contributed by atoms with van der Waals surface area (Å²) in [6.45, 7) is 4.71. The lowest BCUT2D eigenvalue weighted by atomic mass is 10.4. The number of esters is 1. The Labute approximate surface area is 95.2 Å². The topological polar surface area (TPSA) is 78.9 Å². The van der Waals surface area contributed by atoms with Gasteiger partial charge in [0.2, 0.25) is 6.10 Å². The Hall–Kier alpha value is -1.00. The first kappa shape index (κ1) is 15.0. The zero-order chi connectivity index (χ0) is 12.6. The Morgan fingerprint density at radius 3 is 2.50 bits per heavy atom. The monoisotopic (exact) mass is 251 g/mol. The second-order valence-electron chi connectivity index (χ2n) is 3.07. The van der Waals surface area contributed by atoms with E-state index in [0.717, 1.165) is 12.8 Å². The summed E-state index contributed by atoms with van der Waals surface area (Å²) in [7, 11) is -2.48. The second kappa shape index (κ2) is 8.19. The van der Waals surface area contributed by atoms with E-state index in [4.69, 9.17) is 4.52 Å². The lowest BCUT2D eigenvalue weighted by Crippen LogP contribution is -2.23. The second-order valence-corrected chi connectivity index (χ2v) is 3.96. The SMILES string of the molecule is CCCCO[P+](=O)OC(=O)[C@H](C)OC(C)=O. The highest BCUT2D eigenvalue weighted by atomic mass is 31.1. The van der Waals surface area contributed by atoms with Gasteiger partial charge in [0.25, 0.3) is 0 Å². The standard InChI is InChI=1S/C9H16O6P/c1-4-5-6-13-16(12)15-9(11)7(2)14-8(3)10/h7H,4-6H2,1-3H3/q+1/t7-/m0/s1. The number of hydrogen-bond donors (Lipinski definition) is 0. The molecule has 0 aliphatic heterocycles. The summed E-state index contributed by atoms with van der Waals surface area (Å²) in [5.74, 6) is -1.49. The zero-order valence-corrected chi connectivity index (χ0v) is 10.5. The van der Waals surface area contributed by atoms with Crippen LogP contribution in [0.5, 0.6) is 0 Å². The van der Waals surface area contributed by atoms with E-state index < -0.39 is 26.3 Å². The van der Waals surface area contributed by atoms with Crippen molar-refractivity contribution in [1.82, 2.24) is 0 Å². The molecule has 0 aromatic rings. The number of carbonyl (C=O) groups is 2. The zero-order valence-electron chi connectivity index (χ0n) is 9.60. The molecule has 0 aliphatic carbocycles. The molecule has 0 saturated heterocycles. The Morgan fingerprint density at radius 2 is 2.00 bits per heavy atom. The largest absolute Gasteiger partial charge is 0.753 e. The predicted molar refractivity (Wildman–Crippen MR) is 55.8 cm³/mol. The van der Waals surface area contributed by atoms with Crippen molar-refractivity contribution < 1.29 is 27.9 Å². The van der Waals surface area contributed by atoms with Gasteiger partial charge in [-0.15, -0.1) is 4.52 Å². The number of rotatable bonds is 7. The average molecular weight is 251 g/mol. The van der Waals surface area contributed by atoms with Crippen LogP contribution in [-0.4, -0.2) is 24.6 Å². The normalized spacial score (nSPS) is 12.8. The summed E-state index contributed by atoms with van der Waals surface area (Å²) in [6, 6.07) is 0. The van der Waals surface area contributed by atoms with E-state index in [9.17, 15) is 14.2 Å². The lowest BCUT2D eigenvalue weighted by Gasteiger charge is -2.04. The van der Waals surface area contributed by atoms with Crippen LogP contribution in [0.1, 0.15) is 33.6 Å². The summed E-state index contributed by atoms with van der Waals surface area (Å²) < 4.78 is 24.8. The van der Waals surface area contributed by atoms with Crippen molar-refractivity contribution in [3.05, 3.63) is 0 Å². The molecule has 7 heteroatoms. The third kappa shape index (κ3) is 7.31. The van der Waals surface area contributed by atoms with Crippen LogP contribution in [0.25, 0.3) is 0 Å². The Morgan fingerprint density at radius 1 is 1.38 bits per heavy atom. The summed E-state index contributed by atoms with van der Waals surface area (Å²) in [5.41, 5.74) is 0. The van der Waals surface area contributed by atoms with Crippen molar-refractivity contribution in [1.29, 1.82) is 0 Å². The molecule has 0 spiro atoms. The summed E-state index contributed by atoms with van der Waals surface area (Å²) in [6.07, 6.45) is 0.547. The quantitative estimate of drug-likeness (QED) is 0.391. The van der Waals surface area contributed by atoms with Gasteiger partial charge in [-0.2, -0.15) is 4.52 Å². The third-order valence-electron chi connectivity index (χ3n) is 1.53. The lowest BCUT2D eigenvalue weighted by molar-refractivity contribution is -0.159. The van der Waals surface area contributed by atoms with Crippen molar-refractivity contribution >= 4 is 20.2 Å². The molecule has 0 saturated carbocycles. The fraction of sp³-hybridized carbons (Fsp3) is 0.778. The smallest absolute Gasteiger partial charge is 0.451 e. The van der Waals surface area contributed by atoms with Crippen molar-refractivity contribution in [2.75, 3.05) is 6.61 Å². The minimum atomic E-state index is -2.48. The molecule has 0 fully saturated rings. The van der Waals surface area contributed by atoms with Crippen LogP contribution >= 0.6 is 8.25 Å². The van der Waals surface area contributed by atoms with E-state index in [-0.39, 0.29) is 6.61 Å². The third-order valence-corrected chi connectivity index (χ3v) is 2.26. The van der Waals surface area contributed by atoms with Crippen molar-refractivity contribution in [3.8, 4) is 0 Å². The Kier molecular flexibility index (Phi) is 7.68. The predicted octanol–water partition coefficient (Wildman–Crippen LogP) is 1.96. The molecule has 2 atom stereocenters. The Bertz CT molecular complexity index is 265. The fourth-order valence-corrected chi connectivity index (χ4v) is 1.38. The number of ether oxygens (including phenoxy) is 1. The van der Waals surface area contributed by atoms with Crippen molar-refractivity contribution in [2.24, 2.45) is 0 Å². The molecule has 6 nitrogen and oxygen atoms in total. The van der Waals surface area contributed by atoms with E-state index in [1.54, 1.807) is 0 Å². The highest BCUT2D eigenvalue weighted by Crippen LogP contribution is 2.25. The molecule has 0 amide bonds. The minimum absolute atomic E-state index is 0.265. The van der Waals surface area contributed by atoms with Crippen molar-refractivity contribution in [3.63, 3.8) is 0 Å². The van der Waals surface area contributed by atoms with Gasteiger partial charge in [0, 0.05) is 11.5 Å². The van der Waals surface area contributed by atoms with Gasteiger partial charge in [-0.25, -0.2) is 4.79 Å². The van der Waals surface area contributed by atoms with Gasteiger partial charge in [-0.1, -0.05) is 13.3 Å². The summed E-state index contributed by atoms with van der Waals surface area (Å²) in [4.78, 5) is 21.7. The minimum Gasteiger partial charge on any atom is -0.451 e. The molecule has 92 valence electrons. The van der Waals surface area contributed by atoms with Crippen LogP contribution in [0.4, 0.5) is 0 Å². The van der Waals surface area contributed by atoms with Gasteiger partial charge in [0.05, 0.1) is 0 Å². The van der Waals surface area contributed by atoms with Crippen LogP contribution in [0, 0.1) is 0 Å². The van der Waals surface area contributed by atoms with Crippen LogP contribution < -0.4 is 0 Å². The van der Waals surface area contributed by atoms with Gasteiger partial charge >= 0.3 is 20.2 Å². The van der Waals surface area contributed by atoms with Gasteiger partial charge in [-0.3, -0.25) is 4.79 Å². The molecule has 0 aromatic heterocycles. The van der Waals surface area contributed by atoms with Crippen LogP contribution in [0.3, 0.4) is 0 Å². The van der Waals surface area contributed by atoms with E-state index in [2.05, 4.69) is 9.26 Å². The van der Waals surface area contributed by atoms with Crippen LogP contribution in [-0.2, 0) is 27.9 Å². The summed E-state index contributed by atoms with van der Waals surface area (Å²) >= 11 is 0. The molecular weight excluding hydrogens is 235 g/mol.